The maximum absolute atomic E-state index is 4.26. The van der Waals surface area contributed by atoms with Gasteiger partial charge in [0, 0.05) is 6.20 Å². The zero-order chi connectivity index (χ0) is 9.84. The molecule has 0 saturated heterocycles. The monoisotopic (exact) mass is 195 g/mol. The molecule has 1 aromatic heterocycles. The Hall–Kier alpha value is -0.500. The molecule has 1 unspecified atom stereocenters. The Bertz CT molecular complexity index is 271. The Balaban J connectivity index is 2.88. The van der Waals surface area contributed by atoms with Gasteiger partial charge >= 0.3 is 0 Å². The highest BCUT2D eigenvalue weighted by Crippen LogP contribution is 2.25. The molecule has 0 N–H and O–H groups in total. The first-order valence-corrected chi connectivity index (χ1v) is 5.87. The average Bonchev–Trinajstić information content (AvgIpc) is 2.16. The molecule has 0 spiro atoms. The molecule has 1 rings (SSSR count). The van der Waals surface area contributed by atoms with Gasteiger partial charge in [0.05, 0.1) is 5.03 Å². The molecule has 0 saturated carbocycles. The van der Waals surface area contributed by atoms with Gasteiger partial charge in [-0.05, 0) is 35.8 Å². The molecule has 1 atom stereocenters. The standard InChI is InChI=1S/C11H17NS/c1-8(2)9(3)10-5-6-12-11(7-10)13-4/h5-9H,1-4H3. The van der Waals surface area contributed by atoms with Crippen LogP contribution in [0.1, 0.15) is 32.3 Å². The smallest absolute Gasteiger partial charge is 0.0959 e. The summed E-state index contributed by atoms with van der Waals surface area (Å²) in [5, 5.41) is 1.12. The van der Waals surface area contributed by atoms with E-state index in [0.29, 0.717) is 11.8 Å². The fraction of sp³-hybridized carbons (Fsp3) is 0.545. The molecule has 0 bridgehead atoms. The molecule has 0 aliphatic rings. The Labute approximate surface area is 85.0 Å². The number of nitrogens with zero attached hydrogens (tertiary/aromatic N) is 1. The Morgan fingerprint density at radius 1 is 1.31 bits per heavy atom. The maximum atomic E-state index is 4.26. The SMILES string of the molecule is CSc1cc(C(C)C(C)C)ccn1. The van der Waals surface area contributed by atoms with E-state index in [-0.39, 0.29) is 0 Å². The molecule has 1 aromatic rings. The molecule has 72 valence electrons. The predicted molar refractivity (Wildman–Crippen MR) is 59.3 cm³/mol. The van der Waals surface area contributed by atoms with Crippen molar-refractivity contribution in [1.29, 1.82) is 0 Å². The van der Waals surface area contributed by atoms with Crippen molar-refractivity contribution in [3.05, 3.63) is 23.9 Å². The van der Waals surface area contributed by atoms with Crippen molar-refractivity contribution in [2.45, 2.75) is 31.7 Å². The number of rotatable bonds is 3. The summed E-state index contributed by atoms with van der Waals surface area (Å²) in [5.74, 6) is 1.31. The number of hydrogen-bond donors (Lipinski definition) is 0. The van der Waals surface area contributed by atoms with Crippen LogP contribution in [0.2, 0.25) is 0 Å². The van der Waals surface area contributed by atoms with E-state index in [1.165, 1.54) is 5.56 Å². The summed E-state index contributed by atoms with van der Waals surface area (Å²) in [5.41, 5.74) is 1.40. The van der Waals surface area contributed by atoms with Crippen molar-refractivity contribution in [3.63, 3.8) is 0 Å². The highest BCUT2D eigenvalue weighted by molar-refractivity contribution is 7.98. The lowest BCUT2D eigenvalue weighted by Crippen LogP contribution is -2.02. The second-order valence-corrected chi connectivity index (χ2v) is 4.49. The predicted octanol–water partition coefficient (Wildman–Crippen LogP) is 3.56. The molecule has 0 amide bonds. The Morgan fingerprint density at radius 2 is 2.00 bits per heavy atom. The number of hydrogen-bond acceptors (Lipinski definition) is 2. The van der Waals surface area contributed by atoms with Crippen molar-refractivity contribution in [2.75, 3.05) is 6.26 Å². The summed E-state index contributed by atoms with van der Waals surface area (Å²) in [7, 11) is 0. The quantitative estimate of drug-likeness (QED) is 0.684. The van der Waals surface area contributed by atoms with Crippen LogP contribution in [0.15, 0.2) is 23.4 Å². The topological polar surface area (TPSA) is 12.9 Å². The first kappa shape index (κ1) is 10.6. The number of thioether (sulfide) groups is 1. The number of aromatic nitrogens is 1. The third-order valence-electron chi connectivity index (χ3n) is 2.49. The normalized spacial score (nSPS) is 13.3. The maximum Gasteiger partial charge on any atom is 0.0959 e. The summed E-state index contributed by atoms with van der Waals surface area (Å²) < 4.78 is 0. The summed E-state index contributed by atoms with van der Waals surface area (Å²) >= 11 is 1.70. The third kappa shape index (κ3) is 2.73. The van der Waals surface area contributed by atoms with E-state index >= 15 is 0 Å². The molecule has 1 nitrogen and oxygen atoms in total. The molecule has 2 heteroatoms. The van der Waals surface area contributed by atoms with Crippen LogP contribution in [0.5, 0.6) is 0 Å². The molecule has 0 radical (unpaired) electrons. The second kappa shape index (κ2) is 4.66. The lowest BCUT2D eigenvalue weighted by Gasteiger charge is -2.15. The molecule has 0 aromatic carbocycles. The van der Waals surface area contributed by atoms with Crippen molar-refractivity contribution < 1.29 is 0 Å². The van der Waals surface area contributed by atoms with Gasteiger partial charge in [-0.1, -0.05) is 20.8 Å². The third-order valence-corrected chi connectivity index (χ3v) is 3.14. The van der Waals surface area contributed by atoms with Crippen LogP contribution in [0.25, 0.3) is 0 Å². The van der Waals surface area contributed by atoms with Crippen LogP contribution in [-0.4, -0.2) is 11.2 Å². The van der Waals surface area contributed by atoms with E-state index < -0.39 is 0 Å². The Kier molecular flexibility index (Phi) is 3.79. The highest BCUT2D eigenvalue weighted by Gasteiger charge is 2.09. The van der Waals surface area contributed by atoms with Crippen LogP contribution >= 0.6 is 11.8 Å². The average molecular weight is 195 g/mol. The van der Waals surface area contributed by atoms with E-state index in [0.717, 1.165) is 5.03 Å². The summed E-state index contributed by atoms with van der Waals surface area (Å²) in [6.45, 7) is 6.78. The van der Waals surface area contributed by atoms with Gasteiger partial charge in [0.25, 0.3) is 0 Å². The lowest BCUT2D eigenvalue weighted by molar-refractivity contribution is 0.533. The van der Waals surface area contributed by atoms with Crippen LogP contribution in [0, 0.1) is 5.92 Å². The Morgan fingerprint density at radius 3 is 2.54 bits per heavy atom. The second-order valence-electron chi connectivity index (χ2n) is 3.66. The molecule has 0 fully saturated rings. The van der Waals surface area contributed by atoms with Crippen LogP contribution in [0.3, 0.4) is 0 Å². The molecule has 0 aliphatic carbocycles. The molecular weight excluding hydrogens is 178 g/mol. The first-order valence-electron chi connectivity index (χ1n) is 4.65. The summed E-state index contributed by atoms with van der Waals surface area (Å²) in [6.07, 6.45) is 3.96. The van der Waals surface area contributed by atoms with Crippen molar-refractivity contribution in [2.24, 2.45) is 5.92 Å². The van der Waals surface area contributed by atoms with E-state index in [2.05, 4.69) is 44.1 Å². The van der Waals surface area contributed by atoms with Crippen molar-refractivity contribution in [3.8, 4) is 0 Å². The zero-order valence-corrected chi connectivity index (χ0v) is 9.56. The van der Waals surface area contributed by atoms with E-state index in [9.17, 15) is 0 Å². The minimum absolute atomic E-state index is 0.619. The molecule has 13 heavy (non-hydrogen) atoms. The minimum Gasteiger partial charge on any atom is -0.250 e. The van der Waals surface area contributed by atoms with E-state index in [4.69, 9.17) is 0 Å². The molecule has 1 heterocycles. The highest BCUT2D eigenvalue weighted by atomic mass is 32.2. The van der Waals surface area contributed by atoms with Gasteiger partial charge in [0.15, 0.2) is 0 Å². The van der Waals surface area contributed by atoms with Gasteiger partial charge < -0.3 is 0 Å². The van der Waals surface area contributed by atoms with Gasteiger partial charge in [-0.3, -0.25) is 0 Å². The van der Waals surface area contributed by atoms with Crippen LogP contribution in [0.4, 0.5) is 0 Å². The zero-order valence-electron chi connectivity index (χ0n) is 8.74. The fourth-order valence-electron chi connectivity index (χ4n) is 1.20. The van der Waals surface area contributed by atoms with Crippen LogP contribution in [-0.2, 0) is 0 Å². The summed E-state index contributed by atoms with van der Waals surface area (Å²) in [6, 6.07) is 4.31. The van der Waals surface area contributed by atoms with Crippen molar-refractivity contribution >= 4 is 11.8 Å². The molecule has 0 aliphatic heterocycles. The van der Waals surface area contributed by atoms with Crippen LogP contribution < -0.4 is 0 Å². The first-order chi connectivity index (χ1) is 6.15. The fourth-order valence-corrected chi connectivity index (χ4v) is 1.62. The van der Waals surface area contributed by atoms with Gasteiger partial charge in [-0.25, -0.2) is 4.98 Å². The largest absolute Gasteiger partial charge is 0.250 e. The van der Waals surface area contributed by atoms with Gasteiger partial charge in [-0.2, -0.15) is 0 Å². The van der Waals surface area contributed by atoms with Gasteiger partial charge in [0.1, 0.15) is 0 Å². The summed E-state index contributed by atoms with van der Waals surface area (Å²) in [4.78, 5) is 4.26. The number of pyridine rings is 1. The van der Waals surface area contributed by atoms with Gasteiger partial charge in [-0.15, -0.1) is 11.8 Å². The van der Waals surface area contributed by atoms with Gasteiger partial charge in [0.2, 0.25) is 0 Å². The van der Waals surface area contributed by atoms with E-state index in [1.54, 1.807) is 11.8 Å². The lowest BCUT2D eigenvalue weighted by atomic mass is 9.91. The van der Waals surface area contributed by atoms with E-state index in [1.807, 2.05) is 6.20 Å². The molecular formula is C11H17NS. The minimum atomic E-state index is 0.619. The van der Waals surface area contributed by atoms with Crippen molar-refractivity contribution in [1.82, 2.24) is 4.98 Å².